The molecule has 1 fully saturated rings. The van der Waals surface area contributed by atoms with Crippen LogP contribution in [0, 0.1) is 0 Å². The second-order valence-electron chi connectivity index (χ2n) is 5.83. The normalized spacial score (nSPS) is 31.6. The molecular weight excluding hydrogens is 186 g/mol. The Morgan fingerprint density at radius 2 is 1.93 bits per heavy atom. The molecule has 3 nitrogen and oxygen atoms in total. The predicted octanol–water partition coefficient (Wildman–Crippen LogP) is 1.14. The zero-order chi connectivity index (χ0) is 11.6. The number of likely N-dealkylation sites (N-methyl/N-ethyl adjacent to an activating group) is 1. The molecule has 0 amide bonds. The van der Waals surface area contributed by atoms with Gasteiger partial charge in [0.05, 0.1) is 0 Å². The lowest BCUT2D eigenvalue weighted by Gasteiger charge is -2.40. The standard InChI is InChI=1S/C12H27N3/c1-10-6-7-15(12(2,3)4)11(8-13)9-14(10)5/h10-11H,6-9,13H2,1-5H3. The topological polar surface area (TPSA) is 32.5 Å². The van der Waals surface area contributed by atoms with Crippen LogP contribution in [0.1, 0.15) is 34.1 Å². The minimum absolute atomic E-state index is 0.231. The van der Waals surface area contributed by atoms with Crippen molar-refractivity contribution < 1.29 is 0 Å². The molecule has 0 radical (unpaired) electrons. The van der Waals surface area contributed by atoms with E-state index in [1.165, 1.54) is 6.42 Å². The van der Waals surface area contributed by atoms with Crippen LogP contribution in [0.25, 0.3) is 0 Å². The first kappa shape index (κ1) is 12.9. The van der Waals surface area contributed by atoms with Crippen molar-refractivity contribution >= 4 is 0 Å². The maximum Gasteiger partial charge on any atom is 0.0350 e. The molecule has 1 aliphatic rings. The van der Waals surface area contributed by atoms with E-state index in [1.54, 1.807) is 0 Å². The minimum atomic E-state index is 0.231. The fraction of sp³-hybridized carbons (Fsp3) is 1.00. The molecule has 2 unspecified atom stereocenters. The van der Waals surface area contributed by atoms with Crippen LogP contribution < -0.4 is 5.73 Å². The highest BCUT2D eigenvalue weighted by Crippen LogP contribution is 2.22. The monoisotopic (exact) mass is 213 g/mol. The summed E-state index contributed by atoms with van der Waals surface area (Å²) < 4.78 is 0. The van der Waals surface area contributed by atoms with Crippen molar-refractivity contribution in [3.05, 3.63) is 0 Å². The minimum Gasteiger partial charge on any atom is -0.329 e. The first-order valence-electron chi connectivity index (χ1n) is 6.03. The average Bonchev–Trinajstić information content (AvgIpc) is 2.26. The quantitative estimate of drug-likeness (QED) is 0.709. The van der Waals surface area contributed by atoms with E-state index in [-0.39, 0.29) is 5.54 Å². The first-order chi connectivity index (χ1) is 6.86. The van der Waals surface area contributed by atoms with Crippen molar-refractivity contribution in [1.82, 2.24) is 9.80 Å². The van der Waals surface area contributed by atoms with Gasteiger partial charge in [-0.3, -0.25) is 4.90 Å². The van der Waals surface area contributed by atoms with Crippen molar-refractivity contribution in [3.8, 4) is 0 Å². The molecule has 0 bridgehead atoms. The van der Waals surface area contributed by atoms with E-state index in [0.717, 1.165) is 19.6 Å². The van der Waals surface area contributed by atoms with Crippen LogP contribution in [0.4, 0.5) is 0 Å². The molecule has 1 heterocycles. The van der Waals surface area contributed by atoms with Crippen LogP contribution in [-0.4, -0.2) is 54.1 Å². The average molecular weight is 213 g/mol. The van der Waals surface area contributed by atoms with E-state index in [0.29, 0.717) is 12.1 Å². The molecule has 0 saturated carbocycles. The summed E-state index contributed by atoms with van der Waals surface area (Å²) >= 11 is 0. The summed E-state index contributed by atoms with van der Waals surface area (Å²) in [6.07, 6.45) is 1.24. The van der Waals surface area contributed by atoms with Gasteiger partial charge in [-0.05, 0) is 41.2 Å². The molecule has 15 heavy (non-hydrogen) atoms. The van der Waals surface area contributed by atoms with E-state index in [9.17, 15) is 0 Å². The number of hydrogen-bond donors (Lipinski definition) is 1. The molecule has 1 saturated heterocycles. The highest BCUT2D eigenvalue weighted by Gasteiger charge is 2.32. The molecule has 1 rings (SSSR count). The SMILES string of the molecule is CC1CCN(C(C)(C)C)C(CN)CN1C. The van der Waals surface area contributed by atoms with E-state index < -0.39 is 0 Å². The van der Waals surface area contributed by atoms with Crippen LogP contribution in [0.2, 0.25) is 0 Å². The van der Waals surface area contributed by atoms with Gasteiger partial charge in [0.15, 0.2) is 0 Å². The lowest BCUT2D eigenvalue weighted by molar-refractivity contribution is 0.0867. The second kappa shape index (κ2) is 4.81. The summed E-state index contributed by atoms with van der Waals surface area (Å²) in [5.41, 5.74) is 6.13. The number of rotatable bonds is 1. The Morgan fingerprint density at radius 1 is 1.33 bits per heavy atom. The van der Waals surface area contributed by atoms with Gasteiger partial charge in [-0.1, -0.05) is 0 Å². The molecule has 3 heteroatoms. The van der Waals surface area contributed by atoms with Gasteiger partial charge in [-0.2, -0.15) is 0 Å². The molecule has 1 aliphatic heterocycles. The van der Waals surface area contributed by atoms with Crippen LogP contribution >= 0.6 is 0 Å². The van der Waals surface area contributed by atoms with Gasteiger partial charge in [-0.15, -0.1) is 0 Å². The van der Waals surface area contributed by atoms with Crippen molar-refractivity contribution in [1.29, 1.82) is 0 Å². The fourth-order valence-corrected chi connectivity index (χ4v) is 2.42. The largest absolute Gasteiger partial charge is 0.329 e. The molecule has 0 aromatic carbocycles. The molecule has 0 aromatic heterocycles. The third-order valence-electron chi connectivity index (χ3n) is 3.61. The second-order valence-corrected chi connectivity index (χ2v) is 5.83. The van der Waals surface area contributed by atoms with E-state index in [4.69, 9.17) is 5.73 Å². The molecule has 0 aromatic rings. The third kappa shape index (κ3) is 3.16. The Morgan fingerprint density at radius 3 is 2.40 bits per heavy atom. The van der Waals surface area contributed by atoms with E-state index >= 15 is 0 Å². The molecule has 0 spiro atoms. The Balaban J connectivity index is 2.78. The highest BCUT2D eigenvalue weighted by molar-refractivity contribution is 4.89. The van der Waals surface area contributed by atoms with Crippen LogP contribution in [-0.2, 0) is 0 Å². The van der Waals surface area contributed by atoms with E-state index in [1.807, 2.05) is 0 Å². The van der Waals surface area contributed by atoms with Gasteiger partial charge in [0, 0.05) is 37.3 Å². The summed E-state index contributed by atoms with van der Waals surface area (Å²) in [6, 6.07) is 1.17. The number of hydrogen-bond acceptors (Lipinski definition) is 3. The van der Waals surface area contributed by atoms with Gasteiger partial charge < -0.3 is 10.6 Å². The van der Waals surface area contributed by atoms with E-state index in [2.05, 4.69) is 44.5 Å². The highest BCUT2D eigenvalue weighted by atomic mass is 15.3. The summed E-state index contributed by atoms with van der Waals surface area (Å²) in [6.45, 7) is 12.2. The van der Waals surface area contributed by atoms with Gasteiger partial charge in [0.2, 0.25) is 0 Å². The Labute approximate surface area is 94.6 Å². The molecule has 2 N–H and O–H groups in total. The number of nitrogens with zero attached hydrogens (tertiary/aromatic N) is 2. The van der Waals surface area contributed by atoms with Gasteiger partial charge in [0.1, 0.15) is 0 Å². The van der Waals surface area contributed by atoms with Crippen LogP contribution in [0.15, 0.2) is 0 Å². The van der Waals surface area contributed by atoms with Gasteiger partial charge >= 0.3 is 0 Å². The summed E-state index contributed by atoms with van der Waals surface area (Å²) in [5, 5.41) is 0. The maximum atomic E-state index is 5.90. The Hall–Kier alpha value is -0.120. The van der Waals surface area contributed by atoms with Crippen molar-refractivity contribution in [2.24, 2.45) is 5.73 Å². The predicted molar refractivity (Wildman–Crippen MR) is 66.0 cm³/mol. The lowest BCUT2D eigenvalue weighted by Crippen LogP contribution is -2.53. The summed E-state index contributed by atoms with van der Waals surface area (Å²) in [7, 11) is 2.21. The van der Waals surface area contributed by atoms with Gasteiger partial charge in [-0.25, -0.2) is 0 Å². The van der Waals surface area contributed by atoms with Gasteiger partial charge in [0.25, 0.3) is 0 Å². The molecule has 0 aliphatic carbocycles. The summed E-state index contributed by atoms with van der Waals surface area (Å²) in [5.74, 6) is 0. The summed E-state index contributed by atoms with van der Waals surface area (Å²) in [4.78, 5) is 5.00. The molecule has 2 atom stereocenters. The molecule has 90 valence electrons. The Kier molecular flexibility index (Phi) is 4.15. The third-order valence-corrected chi connectivity index (χ3v) is 3.61. The maximum absolute atomic E-state index is 5.90. The van der Waals surface area contributed by atoms with Crippen molar-refractivity contribution in [2.45, 2.75) is 51.7 Å². The van der Waals surface area contributed by atoms with Crippen molar-refractivity contribution in [2.75, 3.05) is 26.7 Å². The Bertz CT molecular complexity index is 198. The van der Waals surface area contributed by atoms with Crippen molar-refractivity contribution in [3.63, 3.8) is 0 Å². The molecular formula is C12H27N3. The zero-order valence-electron chi connectivity index (χ0n) is 11.0. The first-order valence-corrected chi connectivity index (χ1v) is 6.03. The smallest absolute Gasteiger partial charge is 0.0350 e. The zero-order valence-corrected chi connectivity index (χ0v) is 11.0. The lowest BCUT2D eigenvalue weighted by atomic mass is 10.0. The van der Waals surface area contributed by atoms with Crippen LogP contribution in [0.5, 0.6) is 0 Å². The fourth-order valence-electron chi connectivity index (χ4n) is 2.42. The van der Waals surface area contributed by atoms with Crippen LogP contribution in [0.3, 0.4) is 0 Å². The number of nitrogens with two attached hydrogens (primary N) is 1.